The average molecular weight is 399 g/mol. The molecule has 1 aromatic carbocycles. The zero-order valence-corrected chi connectivity index (χ0v) is 17.4. The molecule has 3 rings (SSSR count). The fourth-order valence-corrected chi connectivity index (χ4v) is 3.63. The first-order chi connectivity index (χ1) is 13.6. The van der Waals surface area contributed by atoms with E-state index in [0.717, 1.165) is 22.8 Å². The summed E-state index contributed by atoms with van der Waals surface area (Å²) < 4.78 is 11.3. The Kier molecular flexibility index (Phi) is 6.19. The van der Waals surface area contributed by atoms with Crippen molar-refractivity contribution in [2.45, 2.75) is 71.1 Å². The maximum absolute atomic E-state index is 13.0. The highest BCUT2D eigenvalue weighted by atomic mass is 16.6. The second-order valence-electron chi connectivity index (χ2n) is 8.60. The molecule has 1 aromatic heterocycles. The Bertz CT molecular complexity index is 883. The van der Waals surface area contributed by atoms with E-state index in [9.17, 15) is 9.59 Å². The van der Waals surface area contributed by atoms with Crippen molar-refractivity contribution in [1.82, 2.24) is 9.88 Å². The number of pyridine rings is 1. The van der Waals surface area contributed by atoms with Crippen LogP contribution in [0.1, 0.15) is 56.6 Å². The molecule has 1 aliphatic rings. The molecule has 2 aromatic rings. The first kappa shape index (κ1) is 21.2. The number of hydrogen-bond donors (Lipinski definition) is 1. The lowest BCUT2D eigenvalue weighted by Gasteiger charge is -2.39. The molecule has 1 saturated heterocycles. The number of aldehydes is 1. The SMILES string of the molecule is C[C@@H]1CC(N(Cc2ccc3nc(C=O)ccc3c2)C(=O)OC(C)(C)C)C[C@@H](N)O1. The van der Waals surface area contributed by atoms with Gasteiger partial charge in [-0.3, -0.25) is 4.79 Å². The normalized spacial score (nSPS) is 22.3. The molecular formula is C22H29N3O4. The van der Waals surface area contributed by atoms with Gasteiger partial charge in [-0.15, -0.1) is 0 Å². The number of aromatic nitrogens is 1. The van der Waals surface area contributed by atoms with Gasteiger partial charge in [0.2, 0.25) is 0 Å². The number of carbonyl (C=O) groups excluding carboxylic acids is 2. The molecule has 156 valence electrons. The van der Waals surface area contributed by atoms with Gasteiger partial charge in [0.05, 0.1) is 11.6 Å². The maximum atomic E-state index is 13.0. The predicted molar refractivity (Wildman–Crippen MR) is 110 cm³/mol. The van der Waals surface area contributed by atoms with Crippen molar-refractivity contribution in [1.29, 1.82) is 0 Å². The third-order valence-electron chi connectivity index (χ3n) is 4.83. The molecule has 1 unspecified atom stereocenters. The van der Waals surface area contributed by atoms with Gasteiger partial charge in [0.15, 0.2) is 6.29 Å². The number of hydrogen-bond acceptors (Lipinski definition) is 6. The molecule has 0 saturated carbocycles. The summed E-state index contributed by atoms with van der Waals surface area (Å²) in [6, 6.07) is 9.24. The van der Waals surface area contributed by atoms with Crippen LogP contribution in [0.5, 0.6) is 0 Å². The molecule has 0 bridgehead atoms. The number of ether oxygens (including phenoxy) is 2. The lowest BCUT2D eigenvalue weighted by atomic mass is 10.00. The fourth-order valence-electron chi connectivity index (χ4n) is 3.63. The Balaban J connectivity index is 1.88. The molecule has 29 heavy (non-hydrogen) atoms. The van der Waals surface area contributed by atoms with Gasteiger partial charge in [0.1, 0.15) is 17.5 Å². The summed E-state index contributed by atoms with van der Waals surface area (Å²) in [5, 5.41) is 0.911. The lowest BCUT2D eigenvalue weighted by Crippen LogP contribution is -2.50. The highest BCUT2D eigenvalue weighted by Crippen LogP contribution is 2.26. The Morgan fingerprint density at radius 2 is 2.07 bits per heavy atom. The molecular weight excluding hydrogens is 370 g/mol. The van der Waals surface area contributed by atoms with Crippen LogP contribution in [0.2, 0.25) is 0 Å². The Morgan fingerprint density at radius 3 is 2.72 bits per heavy atom. The summed E-state index contributed by atoms with van der Waals surface area (Å²) in [5.41, 5.74) is 7.54. The van der Waals surface area contributed by atoms with Gasteiger partial charge in [-0.1, -0.05) is 12.1 Å². The van der Waals surface area contributed by atoms with Gasteiger partial charge in [-0.05, 0) is 57.9 Å². The largest absolute Gasteiger partial charge is 0.444 e. The third-order valence-corrected chi connectivity index (χ3v) is 4.83. The molecule has 1 fully saturated rings. The van der Waals surface area contributed by atoms with Gasteiger partial charge in [-0.2, -0.15) is 0 Å². The number of rotatable bonds is 4. The minimum absolute atomic E-state index is 0.0312. The minimum Gasteiger partial charge on any atom is -0.444 e. The third kappa shape index (κ3) is 5.52. The number of nitrogens with two attached hydrogens (primary N) is 1. The summed E-state index contributed by atoms with van der Waals surface area (Å²) in [4.78, 5) is 30.0. The molecule has 0 spiro atoms. The van der Waals surface area contributed by atoms with Crippen molar-refractivity contribution < 1.29 is 19.1 Å². The molecule has 7 heteroatoms. The van der Waals surface area contributed by atoms with Gasteiger partial charge < -0.3 is 20.1 Å². The van der Waals surface area contributed by atoms with Crippen LogP contribution in [0.25, 0.3) is 10.9 Å². The molecule has 7 nitrogen and oxygen atoms in total. The highest BCUT2D eigenvalue weighted by Gasteiger charge is 2.34. The Hall–Kier alpha value is -2.51. The van der Waals surface area contributed by atoms with Crippen LogP contribution < -0.4 is 5.73 Å². The molecule has 2 heterocycles. The van der Waals surface area contributed by atoms with E-state index in [2.05, 4.69) is 4.98 Å². The summed E-state index contributed by atoms with van der Waals surface area (Å²) in [7, 11) is 0. The zero-order valence-electron chi connectivity index (χ0n) is 17.4. The topological polar surface area (TPSA) is 94.8 Å². The molecule has 0 aliphatic carbocycles. The summed E-state index contributed by atoms with van der Waals surface area (Å²) >= 11 is 0. The number of fused-ring (bicyclic) bond motifs is 1. The van der Waals surface area contributed by atoms with Gasteiger partial charge in [-0.25, -0.2) is 9.78 Å². The molecule has 1 amide bonds. The standard InChI is InChI=1S/C22H29N3O4/c1-14-9-18(11-20(23)28-14)25(21(27)29-22(2,3)4)12-15-5-8-19-16(10-15)6-7-17(13-26)24-19/h5-8,10,13-14,18,20H,9,11-12,23H2,1-4H3/t14-,18?,20+/m1/s1. The molecule has 3 atom stereocenters. The van der Waals surface area contributed by atoms with Crippen LogP contribution in [0.15, 0.2) is 30.3 Å². The molecule has 1 aliphatic heterocycles. The van der Waals surface area contributed by atoms with Crippen LogP contribution in [0.4, 0.5) is 4.79 Å². The van der Waals surface area contributed by atoms with Crippen LogP contribution in [0, 0.1) is 0 Å². The van der Waals surface area contributed by atoms with Gasteiger partial charge in [0.25, 0.3) is 0 Å². The Morgan fingerprint density at radius 1 is 1.31 bits per heavy atom. The van der Waals surface area contributed by atoms with E-state index in [1.165, 1.54) is 0 Å². The van der Waals surface area contributed by atoms with E-state index in [1.54, 1.807) is 11.0 Å². The average Bonchev–Trinajstić information content (AvgIpc) is 2.63. The monoisotopic (exact) mass is 399 g/mol. The number of benzene rings is 1. The predicted octanol–water partition coefficient (Wildman–Crippen LogP) is 3.64. The maximum Gasteiger partial charge on any atom is 0.410 e. The van der Waals surface area contributed by atoms with Crippen molar-refractivity contribution in [3.8, 4) is 0 Å². The molecule has 0 radical (unpaired) electrons. The van der Waals surface area contributed by atoms with Crippen LogP contribution >= 0.6 is 0 Å². The second-order valence-corrected chi connectivity index (χ2v) is 8.60. The second kappa shape index (κ2) is 8.47. The van der Waals surface area contributed by atoms with Crippen LogP contribution in [-0.4, -0.2) is 46.2 Å². The smallest absolute Gasteiger partial charge is 0.410 e. The van der Waals surface area contributed by atoms with E-state index in [0.29, 0.717) is 25.1 Å². The highest BCUT2D eigenvalue weighted by molar-refractivity contribution is 5.84. The fraction of sp³-hybridized carbons (Fsp3) is 0.500. The van der Waals surface area contributed by atoms with Crippen LogP contribution in [-0.2, 0) is 16.0 Å². The van der Waals surface area contributed by atoms with Crippen molar-refractivity contribution in [3.63, 3.8) is 0 Å². The summed E-state index contributed by atoms with van der Waals surface area (Å²) in [5.74, 6) is 0. The minimum atomic E-state index is -0.591. The summed E-state index contributed by atoms with van der Waals surface area (Å²) in [6.45, 7) is 7.92. The van der Waals surface area contributed by atoms with Gasteiger partial charge in [0, 0.05) is 24.4 Å². The van der Waals surface area contributed by atoms with Gasteiger partial charge >= 0.3 is 6.09 Å². The van der Waals surface area contributed by atoms with Crippen molar-refractivity contribution in [2.24, 2.45) is 5.73 Å². The van der Waals surface area contributed by atoms with Crippen molar-refractivity contribution in [3.05, 3.63) is 41.6 Å². The van der Waals surface area contributed by atoms with E-state index in [1.807, 2.05) is 52.0 Å². The zero-order chi connectivity index (χ0) is 21.2. The van der Waals surface area contributed by atoms with E-state index in [-0.39, 0.29) is 18.2 Å². The van der Waals surface area contributed by atoms with Crippen LogP contribution in [0.3, 0.4) is 0 Å². The number of nitrogens with zero attached hydrogens (tertiary/aromatic N) is 2. The first-order valence-electron chi connectivity index (χ1n) is 9.90. The lowest BCUT2D eigenvalue weighted by molar-refractivity contribution is -0.0739. The quantitative estimate of drug-likeness (QED) is 0.789. The van der Waals surface area contributed by atoms with E-state index in [4.69, 9.17) is 15.2 Å². The Labute approximate surface area is 171 Å². The van der Waals surface area contributed by atoms with Crippen molar-refractivity contribution >= 4 is 23.3 Å². The first-order valence-corrected chi connectivity index (χ1v) is 9.90. The van der Waals surface area contributed by atoms with Crippen molar-refractivity contribution in [2.75, 3.05) is 0 Å². The summed E-state index contributed by atoms with van der Waals surface area (Å²) in [6.07, 6.45) is 1.19. The van der Waals surface area contributed by atoms with E-state index >= 15 is 0 Å². The van der Waals surface area contributed by atoms with E-state index < -0.39 is 11.8 Å². The number of amides is 1. The number of carbonyl (C=O) groups is 2. The molecule has 2 N–H and O–H groups in total.